The minimum Gasteiger partial charge on any atom is -0.351 e. The van der Waals surface area contributed by atoms with Crippen molar-refractivity contribution in [2.75, 3.05) is 17.2 Å². The Morgan fingerprint density at radius 2 is 2.20 bits per heavy atom. The molecule has 1 aromatic rings. The van der Waals surface area contributed by atoms with Crippen LogP contribution < -0.4 is 16.2 Å². The summed E-state index contributed by atoms with van der Waals surface area (Å²) in [5.41, 5.74) is 3.27. The van der Waals surface area contributed by atoms with Gasteiger partial charge in [-0.15, -0.1) is 11.8 Å². The van der Waals surface area contributed by atoms with Gasteiger partial charge in [0.05, 0.1) is 0 Å². The third-order valence-electron chi connectivity index (χ3n) is 2.35. The molecule has 80 valence electrons. The van der Waals surface area contributed by atoms with Crippen molar-refractivity contribution in [3.63, 3.8) is 0 Å². The van der Waals surface area contributed by atoms with Crippen LogP contribution in [0.1, 0.15) is 0 Å². The number of hydrogen-bond acceptors (Lipinski definition) is 4. The van der Waals surface area contributed by atoms with E-state index in [1.54, 1.807) is 11.8 Å². The zero-order valence-electron chi connectivity index (χ0n) is 8.22. The number of nitrogens with two attached hydrogens (primary N) is 1. The van der Waals surface area contributed by atoms with Crippen molar-refractivity contribution in [1.29, 1.82) is 0 Å². The van der Waals surface area contributed by atoms with Crippen LogP contribution >= 0.6 is 11.8 Å². The van der Waals surface area contributed by atoms with Gasteiger partial charge in [-0.25, -0.2) is 5.84 Å². The molecule has 0 radical (unpaired) electrons. The highest BCUT2D eigenvalue weighted by Gasteiger charge is 2.30. The molecule has 1 aliphatic rings. The van der Waals surface area contributed by atoms with Crippen LogP contribution in [0, 0.1) is 0 Å². The average molecular weight is 223 g/mol. The first-order valence-corrected chi connectivity index (χ1v) is 5.81. The highest BCUT2D eigenvalue weighted by atomic mass is 32.2. The van der Waals surface area contributed by atoms with Crippen molar-refractivity contribution >= 4 is 23.4 Å². The van der Waals surface area contributed by atoms with Gasteiger partial charge in [-0.05, 0) is 12.1 Å². The number of nitrogens with zero attached hydrogens (tertiary/aromatic N) is 1. The Morgan fingerprint density at radius 1 is 1.47 bits per heavy atom. The Balaban J connectivity index is 2.18. The molecule has 0 unspecified atom stereocenters. The molecule has 15 heavy (non-hydrogen) atoms. The van der Waals surface area contributed by atoms with E-state index in [0.29, 0.717) is 0 Å². The van der Waals surface area contributed by atoms with E-state index in [1.165, 1.54) is 0 Å². The van der Waals surface area contributed by atoms with Gasteiger partial charge in [0.15, 0.2) is 5.37 Å². The summed E-state index contributed by atoms with van der Waals surface area (Å²) in [6, 6.07) is 9.90. The van der Waals surface area contributed by atoms with Crippen molar-refractivity contribution in [3.05, 3.63) is 30.3 Å². The Bertz CT molecular complexity index is 344. The third-order valence-corrected chi connectivity index (χ3v) is 3.55. The molecule has 2 rings (SSSR count). The number of benzene rings is 1. The predicted molar refractivity (Wildman–Crippen MR) is 62.4 cm³/mol. The van der Waals surface area contributed by atoms with Gasteiger partial charge in [0.25, 0.3) is 5.91 Å². The largest absolute Gasteiger partial charge is 0.351 e. The highest BCUT2D eigenvalue weighted by Crippen LogP contribution is 2.29. The first kappa shape index (κ1) is 10.3. The molecule has 0 spiro atoms. The Labute approximate surface area is 92.8 Å². The van der Waals surface area contributed by atoms with Crippen LogP contribution in [0.5, 0.6) is 0 Å². The van der Waals surface area contributed by atoms with E-state index in [2.05, 4.69) is 10.3 Å². The van der Waals surface area contributed by atoms with Crippen molar-refractivity contribution in [3.8, 4) is 0 Å². The second kappa shape index (κ2) is 4.55. The van der Waals surface area contributed by atoms with Gasteiger partial charge in [-0.1, -0.05) is 18.2 Å². The topological polar surface area (TPSA) is 58.4 Å². The Hall–Kier alpha value is -1.20. The number of nitrogens with one attached hydrogen (secondary N) is 1. The molecule has 4 nitrogen and oxygen atoms in total. The van der Waals surface area contributed by atoms with Crippen LogP contribution in [0.2, 0.25) is 0 Å². The second-order valence-corrected chi connectivity index (χ2v) is 4.45. The van der Waals surface area contributed by atoms with Crippen molar-refractivity contribution < 1.29 is 4.79 Å². The molecule has 1 aromatic carbocycles. The van der Waals surface area contributed by atoms with Crippen molar-refractivity contribution in [1.82, 2.24) is 5.43 Å². The summed E-state index contributed by atoms with van der Waals surface area (Å²) in [4.78, 5) is 13.6. The monoisotopic (exact) mass is 223 g/mol. The number of rotatable bonds is 2. The Kier molecular flexibility index (Phi) is 3.13. The van der Waals surface area contributed by atoms with Crippen LogP contribution in [0.4, 0.5) is 5.69 Å². The molecular weight excluding hydrogens is 210 g/mol. The molecule has 1 atom stereocenters. The fourth-order valence-corrected chi connectivity index (χ4v) is 2.79. The molecule has 1 heterocycles. The average Bonchev–Trinajstić information content (AvgIpc) is 2.78. The third kappa shape index (κ3) is 2.08. The molecule has 5 heteroatoms. The number of anilines is 1. The lowest BCUT2D eigenvalue weighted by molar-refractivity contribution is -0.120. The quantitative estimate of drug-likeness (QED) is 0.437. The van der Waals surface area contributed by atoms with Crippen LogP contribution in [-0.4, -0.2) is 23.6 Å². The van der Waals surface area contributed by atoms with E-state index in [1.807, 2.05) is 30.3 Å². The van der Waals surface area contributed by atoms with Gasteiger partial charge < -0.3 is 4.90 Å². The molecule has 0 aromatic heterocycles. The van der Waals surface area contributed by atoms with Crippen LogP contribution in [0.15, 0.2) is 30.3 Å². The maximum absolute atomic E-state index is 11.5. The standard InChI is InChI=1S/C10H13N3OS/c11-12-9(14)10-13(6-7-15-10)8-4-2-1-3-5-8/h1-5,10H,6-7,11H2,(H,12,14)/t10-/m1/s1. The van der Waals surface area contributed by atoms with E-state index >= 15 is 0 Å². The summed E-state index contributed by atoms with van der Waals surface area (Å²) in [6.07, 6.45) is 0. The minimum absolute atomic E-state index is 0.138. The molecule has 0 saturated carbocycles. The lowest BCUT2D eigenvalue weighted by atomic mass is 10.3. The van der Waals surface area contributed by atoms with Crippen LogP contribution in [0.25, 0.3) is 0 Å². The van der Waals surface area contributed by atoms with Gasteiger partial charge >= 0.3 is 0 Å². The number of carbonyl (C=O) groups is 1. The van der Waals surface area contributed by atoms with Crippen LogP contribution in [0.3, 0.4) is 0 Å². The number of para-hydroxylation sites is 1. The zero-order valence-corrected chi connectivity index (χ0v) is 9.04. The summed E-state index contributed by atoms with van der Waals surface area (Å²) < 4.78 is 0. The van der Waals surface area contributed by atoms with E-state index in [0.717, 1.165) is 18.0 Å². The molecule has 1 saturated heterocycles. The molecule has 0 aliphatic carbocycles. The highest BCUT2D eigenvalue weighted by molar-refractivity contribution is 8.01. The summed E-state index contributed by atoms with van der Waals surface area (Å²) in [5.74, 6) is 5.97. The van der Waals surface area contributed by atoms with Gasteiger partial charge in [-0.2, -0.15) is 0 Å². The molecule has 3 N–H and O–H groups in total. The number of hydrazine groups is 1. The summed E-state index contributed by atoms with van der Waals surface area (Å²) >= 11 is 1.61. The lowest BCUT2D eigenvalue weighted by Gasteiger charge is -2.24. The SMILES string of the molecule is NNC(=O)[C@H]1SCCN1c1ccccc1. The summed E-state index contributed by atoms with van der Waals surface area (Å²) in [5, 5.41) is -0.197. The maximum Gasteiger partial charge on any atom is 0.267 e. The van der Waals surface area contributed by atoms with Crippen molar-refractivity contribution in [2.45, 2.75) is 5.37 Å². The summed E-state index contributed by atoms with van der Waals surface area (Å²) in [7, 11) is 0. The number of carbonyl (C=O) groups excluding carboxylic acids is 1. The zero-order chi connectivity index (χ0) is 10.7. The second-order valence-electron chi connectivity index (χ2n) is 3.26. The minimum atomic E-state index is -0.197. The van der Waals surface area contributed by atoms with Gasteiger partial charge in [-0.3, -0.25) is 10.2 Å². The number of hydrogen-bond donors (Lipinski definition) is 2. The van der Waals surface area contributed by atoms with Crippen molar-refractivity contribution in [2.24, 2.45) is 5.84 Å². The number of thioether (sulfide) groups is 1. The van der Waals surface area contributed by atoms with E-state index in [-0.39, 0.29) is 11.3 Å². The lowest BCUT2D eigenvalue weighted by Crippen LogP contribution is -2.44. The fraction of sp³-hybridized carbons (Fsp3) is 0.300. The van der Waals surface area contributed by atoms with E-state index in [9.17, 15) is 4.79 Å². The van der Waals surface area contributed by atoms with E-state index < -0.39 is 0 Å². The maximum atomic E-state index is 11.5. The first-order chi connectivity index (χ1) is 7.33. The predicted octanol–water partition coefficient (Wildman–Crippen LogP) is 0.556. The fourth-order valence-electron chi connectivity index (χ4n) is 1.64. The van der Waals surface area contributed by atoms with Gasteiger partial charge in [0.1, 0.15) is 0 Å². The molecule has 0 bridgehead atoms. The number of amides is 1. The molecule has 1 amide bonds. The Morgan fingerprint density at radius 3 is 2.87 bits per heavy atom. The van der Waals surface area contributed by atoms with Crippen LogP contribution in [-0.2, 0) is 4.79 Å². The molecular formula is C10H13N3OS. The summed E-state index contributed by atoms with van der Waals surface area (Å²) in [6.45, 7) is 0.882. The van der Waals surface area contributed by atoms with E-state index in [4.69, 9.17) is 5.84 Å². The normalized spacial score (nSPS) is 20.3. The van der Waals surface area contributed by atoms with Gasteiger partial charge in [0, 0.05) is 18.0 Å². The molecule has 1 aliphatic heterocycles. The smallest absolute Gasteiger partial charge is 0.267 e. The molecule has 1 fully saturated rings. The first-order valence-electron chi connectivity index (χ1n) is 4.76. The van der Waals surface area contributed by atoms with Gasteiger partial charge in [0.2, 0.25) is 0 Å².